The van der Waals surface area contributed by atoms with Crippen molar-refractivity contribution in [2.75, 3.05) is 0 Å². The highest BCUT2D eigenvalue weighted by atomic mass is 16.3. The molecule has 2 N–H and O–H groups in total. The van der Waals surface area contributed by atoms with Crippen molar-refractivity contribution in [3.8, 4) is 0 Å². The van der Waals surface area contributed by atoms with E-state index in [1.807, 2.05) is 0 Å². The first-order chi connectivity index (χ1) is 14.9. The van der Waals surface area contributed by atoms with E-state index < -0.39 is 70.4 Å². The van der Waals surface area contributed by atoms with Gasteiger partial charge in [-0.1, -0.05) is 20.6 Å². The monoisotopic (exact) mass is 239 g/mol. The van der Waals surface area contributed by atoms with Gasteiger partial charge in [-0.05, 0) is 34.3 Å². The van der Waals surface area contributed by atoms with E-state index in [4.69, 9.17) is 28.8 Å². The Bertz CT molecular complexity index is 715. The van der Waals surface area contributed by atoms with Crippen molar-refractivity contribution in [1.29, 1.82) is 0 Å². The maximum atomic E-state index is 11.8. The zero-order valence-electron chi connectivity index (χ0n) is 28.8. The Morgan fingerprint density at radius 2 is 1.47 bits per heavy atom. The third-order valence-corrected chi connectivity index (χ3v) is 1.05. The fourth-order valence-electron chi connectivity index (χ4n) is 0. The second-order valence-electron chi connectivity index (χ2n) is 2.86. The van der Waals surface area contributed by atoms with Gasteiger partial charge in [0.1, 0.15) is 5.78 Å². The summed E-state index contributed by atoms with van der Waals surface area (Å²) in [5, 5.41) is 19.5. The van der Waals surface area contributed by atoms with Crippen molar-refractivity contribution in [3.05, 3.63) is 0 Å². The summed E-state index contributed by atoms with van der Waals surface area (Å²) in [5.41, 5.74) is -11.0. The van der Waals surface area contributed by atoms with E-state index in [0.29, 0.717) is 6.92 Å². The molecular formula is C12H26O3. The molecule has 3 heteroatoms. The van der Waals surface area contributed by atoms with Gasteiger partial charge in [0.25, 0.3) is 0 Å². The Morgan fingerprint density at radius 3 is 1.60 bits per heavy atom. The number of carbonyl (C=O) groups is 1. The molecule has 15 heavy (non-hydrogen) atoms. The van der Waals surface area contributed by atoms with Crippen LogP contribution in [0.1, 0.15) is 83.7 Å². The molecule has 0 spiro atoms. The first kappa shape index (κ1) is 2.39. The van der Waals surface area contributed by atoms with Gasteiger partial charge in [0.15, 0.2) is 0 Å². The molecule has 0 heterocycles. The molecule has 0 aromatic rings. The molecule has 0 bridgehead atoms. The quantitative estimate of drug-likeness (QED) is 0.737. The van der Waals surface area contributed by atoms with Crippen molar-refractivity contribution in [3.63, 3.8) is 0 Å². The summed E-state index contributed by atoms with van der Waals surface area (Å²) in [4.78, 5) is 11.8. The summed E-state index contributed by atoms with van der Waals surface area (Å²) in [6, 6.07) is 0. The van der Waals surface area contributed by atoms with Crippen LogP contribution in [0.2, 0.25) is 0 Å². The molecule has 0 aliphatic rings. The number of ketones is 1. The summed E-state index contributed by atoms with van der Waals surface area (Å²) >= 11 is 0. The van der Waals surface area contributed by atoms with Gasteiger partial charge in [0.2, 0.25) is 0 Å². The normalized spacial score (nSPS) is 42.7. The maximum Gasteiger partial charge on any atom is 0.135 e. The second kappa shape index (κ2) is 5.08. The van der Waals surface area contributed by atoms with Crippen molar-refractivity contribution < 1.29 is 43.8 Å². The molecule has 0 fully saturated rings. The second-order valence-corrected chi connectivity index (χ2v) is 2.86. The molecule has 1 unspecified atom stereocenters. The third kappa shape index (κ3) is 8.58. The van der Waals surface area contributed by atoms with Crippen LogP contribution in [-0.2, 0) is 4.79 Å². The minimum atomic E-state index is -3.95. The van der Waals surface area contributed by atoms with Gasteiger partial charge in [-0.15, -0.1) is 0 Å². The highest BCUT2D eigenvalue weighted by molar-refractivity contribution is 5.80. The molecule has 0 aliphatic carbocycles. The van der Waals surface area contributed by atoms with Crippen LogP contribution in [0.4, 0.5) is 0 Å². The largest absolute Gasteiger partial charge is 0.387 e. The summed E-state index contributed by atoms with van der Waals surface area (Å²) in [7, 11) is 0. The molecule has 1 atom stereocenters. The lowest BCUT2D eigenvalue weighted by atomic mass is 9.90. The minimum Gasteiger partial charge on any atom is -0.387 e. The predicted molar refractivity (Wildman–Crippen MR) is 62.7 cm³/mol. The Hall–Kier alpha value is -0.410. The molecular weight excluding hydrogens is 192 g/mol. The first-order valence-corrected chi connectivity index (χ1v) is 3.40. The number of Topliss-reactive ketones (excluding diaryl/α,β-unsaturated/α-hetero) is 1. The van der Waals surface area contributed by atoms with Crippen LogP contribution < -0.4 is 0 Å². The molecule has 0 saturated carbocycles. The van der Waals surface area contributed by atoms with Gasteiger partial charge < -0.3 is 10.2 Å². The number of rotatable bonds is 1. The van der Waals surface area contributed by atoms with Gasteiger partial charge in [-0.25, -0.2) is 0 Å². The zero-order valence-corrected chi connectivity index (χ0v) is 7.80. The Morgan fingerprint density at radius 1 is 1.00 bits per heavy atom. The minimum absolute atomic E-state index is 0.471. The molecule has 0 rings (SSSR count). The maximum absolute atomic E-state index is 11.8. The van der Waals surface area contributed by atoms with Crippen molar-refractivity contribution in [1.82, 2.24) is 0 Å². The van der Waals surface area contributed by atoms with Crippen LogP contribution in [-0.4, -0.2) is 27.2 Å². The van der Waals surface area contributed by atoms with E-state index in [9.17, 15) is 15.0 Å². The van der Waals surface area contributed by atoms with E-state index in [1.165, 1.54) is 0 Å². The number of hydrogen-bond donors (Lipinski definition) is 2. The van der Waals surface area contributed by atoms with Crippen LogP contribution in [0.5, 0.6) is 0 Å². The summed E-state index contributed by atoms with van der Waals surface area (Å²) in [6.45, 7) is -25.2. The Balaban J connectivity index is 0. The SMILES string of the molecule is [2H]C([2H])([2H])C(=O)C(C([2H])([2H])[2H])(C([2H])([2H])[2H])C([2H])([2H])[2H].[2H]C([2H])([2H])C(C)(O)C(O)(C([2H])([2H])[2H])C([2H])([2H])[2H]. The average Bonchev–Trinajstić information content (AvgIpc) is 2.46. The van der Waals surface area contributed by atoms with Crippen LogP contribution in [0, 0.1) is 5.41 Å². The van der Waals surface area contributed by atoms with Crippen LogP contribution in [0.3, 0.4) is 0 Å². The van der Waals surface area contributed by atoms with E-state index >= 15 is 0 Å². The van der Waals surface area contributed by atoms with Crippen LogP contribution in [0.25, 0.3) is 0 Å². The Kier molecular flexibility index (Phi) is 0.809. The fraction of sp³-hybridized carbons (Fsp3) is 0.917. The predicted octanol–water partition coefficient (Wildman–Crippen LogP) is 2.15. The van der Waals surface area contributed by atoms with Gasteiger partial charge in [0, 0.05) is 34.2 Å². The highest BCUT2D eigenvalue weighted by Crippen LogP contribution is 2.19. The Labute approximate surface area is 123 Å². The number of carbonyl (C=O) groups excluding carboxylic acids is 1. The summed E-state index contributed by atoms with van der Waals surface area (Å²) in [6.07, 6.45) is 0. The van der Waals surface area contributed by atoms with Crippen molar-refractivity contribution >= 4 is 5.78 Å². The number of aliphatic hydroxyl groups is 2. The lowest BCUT2D eigenvalue weighted by Gasteiger charge is -2.31. The average molecular weight is 239 g/mol. The highest BCUT2D eigenvalue weighted by Gasteiger charge is 2.31. The standard InChI is InChI=1S/C6H14O2.C6H12O/c1-5(2,7)6(3,4)8;1-5(7)6(2,3)4/h7-8H,1-4H3;1-4H3/i1D3,2D3,3D3;1D3,2D3,3D3,4D3. The molecule has 0 amide bonds. The van der Waals surface area contributed by atoms with Crippen molar-refractivity contribution in [2.24, 2.45) is 5.41 Å². The number of hydrogen-bond acceptors (Lipinski definition) is 3. The van der Waals surface area contributed by atoms with E-state index in [1.54, 1.807) is 0 Å². The lowest BCUT2D eigenvalue weighted by Crippen LogP contribution is -2.44. The smallest absolute Gasteiger partial charge is 0.135 e. The molecule has 0 aliphatic heterocycles. The fourth-order valence-corrected chi connectivity index (χ4v) is 0. The summed E-state index contributed by atoms with van der Waals surface area (Å²) in [5.74, 6) is -2.31. The zero-order chi connectivity index (χ0) is 30.6. The van der Waals surface area contributed by atoms with Gasteiger partial charge in [0.05, 0.1) is 11.2 Å². The van der Waals surface area contributed by atoms with E-state index in [-0.39, 0.29) is 0 Å². The molecule has 3 nitrogen and oxygen atoms in total. The van der Waals surface area contributed by atoms with Crippen LogP contribution in [0.15, 0.2) is 0 Å². The molecule has 0 radical (unpaired) electrons. The van der Waals surface area contributed by atoms with Gasteiger partial charge >= 0.3 is 0 Å². The molecule has 0 saturated heterocycles. The summed E-state index contributed by atoms with van der Waals surface area (Å²) < 4.78 is 147. The van der Waals surface area contributed by atoms with Gasteiger partial charge in [-0.3, -0.25) is 4.79 Å². The first-order valence-electron chi connectivity index (χ1n) is 13.9. The topological polar surface area (TPSA) is 57.5 Å². The van der Waals surface area contributed by atoms with E-state index in [2.05, 4.69) is 0 Å². The third-order valence-electron chi connectivity index (χ3n) is 1.05. The van der Waals surface area contributed by atoms with Crippen LogP contribution >= 0.6 is 0 Å². The van der Waals surface area contributed by atoms with Gasteiger partial charge in [-0.2, -0.15) is 0 Å². The van der Waals surface area contributed by atoms with E-state index in [0.717, 1.165) is 0 Å². The van der Waals surface area contributed by atoms with Crippen molar-refractivity contribution in [2.45, 2.75) is 66.1 Å². The lowest BCUT2D eigenvalue weighted by molar-refractivity contribution is -0.124. The molecule has 0 aromatic carbocycles. The molecule has 0 aromatic heterocycles. The molecule has 92 valence electrons.